The van der Waals surface area contributed by atoms with E-state index in [4.69, 9.17) is 11.6 Å². The van der Waals surface area contributed by atoms with Crippen LogP contribution in [0.2, 0.25) is 5.15 Å². The van der Waals surface area contributed by atoms with Crippen LogP contribution in [0, 0.1) is 0 Å². The molecular weight excluding hydrogens is 223 g/mol. The third kappa shape index (κ3) is 2.95. The predicted octanol–water partition coefficient (Wildman–Crippen LogP) is 2.64. The van der Waals surface area contributed by atoms with Gasteiger partial charge in [0.1, 0.15) is 5.15 Å². The van der Waals surface area contributed by atoms with E-state index in [0.717, 1.165) is 0 Å². The minimum absolute atomic E-state index is 0.106. The second kappa shape index (κ2) is 3.91. The Hall–Kier alpha value is -1.17. The summed E-state index contributed by atoms with van der Waals surface area (Å²) in [4.78, 5) is 3.33. The second-order valence-corrected chi connectivity index (χ2v) is 2.58. The summed E-state index contributed by atoms with van der Waals surface area (Å²) in [6.07, 6.45) is -4.81. The van der Waals surface area contributed by atoms with E-state index in [1.807, 2.05) is 0 Å². The van der Waals surface area contributed by atoms with Gasteiger partial charge in [0.05, 0.1) is 7.11 Å². The molecule has 0 aliphatic carbocycles. The summed E-state index contributed by atoms with van der Waals surface area (Å²) < 4.78 is 43.7. The van der Waals surface area contributed by atoms with Crippen LogP contribution in [0.25, 0.3) is 0 Å². The molecule has 0 spiro atoms. The van der Waals surface area contributed by atoms with Crippen molar-refractivity contribution in [1.82, 2.24) is 4.98 Å². The molecule has 14 heavy (non-hydrogen) atoms. The number of nitrogens with zero attached hydrogens (tertiary/aromatic N) is 1. The van der Waals surface area contributed by atoms with E-state index in [-0.39, 0.29) is 10.9 Å². The van der Waals surface area contributed by atoms with Crippen LogP contribution in [0.4, 0.5) is 13.2 Å². The standard InChI is InChI=1S/C7H5ClF3NO2/c1-13-4-2-3-5(8)12-6(4)14-7(9,10)11/h2-3H,1H3. The number of hydrogen-bond acceptors (Lipinski definition) is 3. The fraction of sp³-hybridized carbons (Fsp3) is 0.286. The molecule has 0 saturated carbocycles. The van der Waals surface area contributed by atoms with E-state index >= 15 is 0 Å². The Kier molecular flexibility index (Phi) is 3.05. The van der Waals surface area contributed by atoms with Gasteiger partial charge in [0.2, 0.25) is 0 Å². The zero-order chi connectivity index (χ0) is 10.8. The lowest BCUT2D eigenvalue weighted by Crippen LogP contribution is -2.18. The number of aromatic nitrogens is 1. The molecule has 0 bridgehead atoms. The van der Waals surface area contributed by atoms with Gasteiger partial charge in [0.15, 0.2) is 5.75 Å². The molecule has 0 fully saturated rings. The molecule has 1 aromatic heterocycles. The van der Waals surface area contributed by atoms with Crippen LogP contribution in [0.1, 0.15) is 0 Å². The number of methoxy groups -OCH3 is 1. The molecule has 1 aromatic rings. The van der Waals surface area contributed by atoms with Crippen LogP contribution >= 0.6 is 11.6 Å². The lowest BCUT2D eigenvalue weighted by atomic mass is 10.4. The lowest BCUT2D eigenvalue weighted by Gasteiger charge is -2.10. The van der Waals surface area contributed by atoms with Crippen LogP contribution in [-0.4, -0.2) is 18.5 Å². The topological polar surface area (TPSA) is 31.4 Å². The Balaban J connectivity index is 2.99. The molecule has 0 amide bonds. The molecule has 0 aromatic carbocycles. The van der Waals surface area contributed by atoms with Crippen LogP contribution in [0.3, 0.4) is 0 Å². The summed E-state index contributed by atoms with van der Waals surface area (Å²) in [6.45, 7) is 0. The van der Waals surface area contributed by atoms with Gasteiger partial charge >= 0.3 is 6.36 Å². The highest BCUT2D eigenvalue weighted by molar-refractivity contribution is 6.29. The molecule has 0 unspecified atom stereocenters. The number of halogens is 4. The average molecular weight is 228 g/mol. The van der Waals surface area contributed by atoms with Crippen molar-refractivity contribution in [1.29, 1.82) is 0 Å². The van der Waals surface area contributed by atoms with Crippen molar-refractivity contribution in [2.45, 2.75) is 6.36 Å². The quantitative estimate of drug-likeness (QED) is 0.728. The summed E-state index contributed by atoms with van der Waals surface area (Å²) in [6, 6.07) is 2.53. The van der Waals surface area contributed by atoms with Gasteiger partial charge in [-0.05, 0) is 12.1 Å². The van der Waals surface area contributed by atoms with Gasteiger partial charge in [-0.15, -0.1) is 13.2 Å². The fourth-order valence-corrected chi connectivity index (χ4v) is 0.883. The van der Waals surface area contributed by atoms with Crippen molar-refractivity contribution in [2.24, 2.45) is 0 Å². The Labute approximate surface area is 82.4 Å². The first-order valence-electron chi connectivity index (χ1n) is 3.38. The van der Waals surface area contributed by atoms with Crippen molar-refractivity contribution in [3.63, 3.8) is 0 Å². The van der Waals surface area contributed by atoms with Gasteiger partial charge in [0, 0.05) is 0 Å². The SMILES string of the molecule is COc1ccc(Cl)nc1OC(F)(F)F. The number of hydrogen-bond donors (Lipinski definition) is 0. The summed E-state index contributed by atoms with van der Waals surface area (Å²) in [5.41, 5.74) is 0. The van der Waals surface area contributed by atoms with Crippen molar-refractivity contribution in [2.75, 3.05) is 7.11 Å². The number of alkyl halides is 3. The first kappa shape index (κ1) is 10.9. The Morgan fingerprint density at radius 3 is 2.50 bits per heavy atom. The van der Waals surface area contributed by atoms with Gasteiger partial charge < -0.3 is 9.47 Å². The highest BCUT2D eigenvalue weighted by atomic mass is 35.5. The third-order valence-electron chi connectivity index (χ3n) is 1.22. The van der Waals surface area contributed by atoms with E-state index in [1.54, 1.807) is 0 Å². The smallest absolute Gasteiger partial charge is 0.491 e. The number of pyridine rings is 1. The molecule has 0 saturated heterocycles. The van der Waals surface area contributed by atoms with Crippen LogP contribution in [0.5, 0.6) is 11.6 Å². The monoisotopic (exact) mass is 227 g/mol. The maximum Gasteiger partial charge on any atom is 0.574 e. The van der Waals surface area contributed by atoms with E-state index < -0.39 is 12.2 Å². The highest BCUT2D eigenvalue weighted by Gasteiger charge is 2.33. The molecule has 1 rings (SSSR count). The zero-order valence-electron chi connectivity index (χ0n) is 6.93. The van der Waals surface area contributed by atoms with Crippen molar-refractivity contribution in [3.8, 4) is 11.6 Å². The average Bonchev–Trinajstić information content (AvgIpc) is 2.01. The van der Waals surface area contributed by atoms with Crippen molar-refractivity contribution >= 4 is 11.6 Å². The van der Waals surface area contributed by atoms with Gasteiger partial charge in [-0.25, -0.2) is 0 Å². The number of rotatable bonds is 2. The molecule has 0 radical (unpaired) electrons. The Bertz CT molecular complexity index is 329. The third-order valence-corrected chi connectivity index (χ3v) is 1.43. The molecular formula is C7H5ClF3NO2. The van der Waals surface area contributed by atoms with Gasteiger partial charge in [0.25, 0.3) is 5.88 Å². The van der Waals surface area contributed by atoms with E-state index in [9.17, 15) is 13.2 Å². The minimum atomic E-state index is -4.81. The Morgan fingerprint density at radius 2 is 2.00 bits per heavy atom. The molecule has 0 N–H and O–H groups in total. The molecule has 3 nitrogen and oxygen atoms in total. The van der Waals surface area contributed by atoms with Gasteiger partial charge in [-0.1, -0.05) is 11.6 Å². The largest absolute Gasteiger partial charge is 0.574 e. The summed E-state index contributed by atoms with van der Waals surface area (Å²) in [5, 5.41) is -0.106. The summed E-state index contributed by atoms with van der Waals surface area (Å²) in [7, 11) is 1.20. The lowest BCUT2D eigenvalue weighted by molar-refractivity contribution is -0.276. The first-order valence-corrected chi connectivity index (χ1v) is 3.76. The van der Waals surface area contributed by atoms with Crippen LogP contribution in [0.15, 0.2) is 12.1 Å². The van der Waals surface area contributed by atoms with Crippen LogP contribution < -0.4 is 9.47 Å². The second-order valence-electron chi connectivity index (χ2n) is 2.19. The highest BCUT2D eigenvalue weighted by Crippen LogP contribution is 2.30. The predicted molar refractivity (Wildman–Crippen MR) is 42.5 cm³/mol. The van der Waals surface area contributed by atoms with Crippen molar-refractivity contribution in [3.05, 3.63) is 17.3 Å². The zero-order valence-corrected chi connectivity index (χ0v) is 7.69. The molecule has 0 atom stereocenters. The van der Waals surface area contributed by atoms with Gasteiger partial charge in [-0.2, -0.15) is 4.98 Å². The molecule has 0 aliphatic heterocycles. The Morgan fingerprint density at radius 1 is 1.36 bits per heavy atom. The maximum atomic E-state index is 11.8. The molecule has 1 heterocycles. The minimum Gasteiger partial charge on any atom is -0.491 e. The fourth-order valence-electron chi connectivity index (χ4n) is 0.743. The summed E-state index contributed by atoms with van der Waals surface area (Å²) >= 11 is 5.39. The number of ether oxygens (including phenoxy) is 2. The normalized spacial score (nSPS) is 11.2. The van der Waals surface area contributed by atoms with Gasteiger partial charge in [-0.3, -0.25) is 0 Å². The summed E-state index contributed by atoms with van der Waals surface area (Å²) in [5.74, 6) is -0.834. The molecule has 0 aliphatic rings. The van der Waals surface area contributed by atoms with E-state index in [0.29, 0.717) is 0 Å². The van der Waals surface area contributed by atoms with Crippen molar-refractivity contribution < 1.29 is 22.6 Å². The van der Waals surface area contributed by atoms with E-state index in [2.05, 4.69) is 14.5 Å². The van der Waals surface area contributed by atoms with E-state index in [1.165, 1.54) is 19.2 Å². The molecule has 7 heteroatoms. The maximum absolute atomic E-state index is 11.8. The molecule has 78 valence electrons. The first-order chi connectivity index (χ1) is 6.42. The van der Waals surface area contributed by atoms with Crippen LogP contribution in [-0.2, 0) is 0 Å².